The van der Waals surface area contributed by atoms with E-state index in [1.165, 1.54) is 35.2 Å². The molecule has 3 atom stereocenters. The first-order valence-electron chi connectivity index (χ1n) is 13.4. The highest BCUT2D eigenvalue weighted by Gasteiger charge is 2.75. The van der Waals surface area contributed by atoms with Gasteiger partial charge in [-0.05, 0) is 53.1 Å². The quantitative estimate of drug-likeness (QED) is 0.244. The number of hydrogen-bond acceptors (Lipinski definition) is 10. The first-order valence-corrected chi connectivity index (χ1v) is 13.4. The Balaban J connectivity index is 1.65. The number of benzene rings is 3. The fourth-order valence-corrected chi connectivity index (χ4v) is 6.36. The van der Waals surface area contributed by atoms with Crippen LogP contribution >= 0.6 is 0 Å². The third kappa shape index (κ3) is 3.93. The van der Waals surface area contributed by atoms with Gasteiger partial charge < -0.3 is 23.7 Å². The maximum atomic E-state index is 14.5. The number of rotatable bonds is 6. The van der Waals surface area contributed by atoms with Gasteiger partial charge in [0.2, 0.25) is 5.41 Å². The Morgan fingerprint density at radius 2 is 1.52 bits per heavy atom. The molecule has 10 nitrogen and oxygen atoms in total. The Morgan fingerprint density at radius 3 is 2.17 bits per heavy atom. The van der Waals surface area contributed by atoms with Gasteiger partial charge in [0.05, 0.1) is 27.5 Å². The van der Waals surface area contributed by atoms with Crippen LogP contribution in [0.3, 0.4) is 0 Å². The van der Waals surface area contributed by atoms with Crippen LogP contribution in [0.5, 0.6) is 17.2 Å². The smallest absolute Gasteiger partial charge is 0.330 e. The van der Waals surface area contributed by atoms with Gasteiger partial charge in [0, 0.05) is 25.3 Å². The SMILES string of the molecule is COc1ccc(C(=O)[C@@H]2[C@H](c3ccc(OC)c(OC)c3)C3(C(=O)OC(C)(C)OC3=O)[C@H]3c4ccccc4C=NN23)cc1. The maximum absolute atomic E-state index is 14.5. The fraction of sp³-hybridized carbons (Fsp3) is 0.312. The number of ether oxygens (including phenoxy) is 5. The summed E-state index contributed by atoms with van der Waals surface area (Å²) in [6.45, 7) is 3.00. The number of fused-ring (bicyclic) bond motifs is 4. The van der Waals surface area contributed by atoms with E-state index in [0.29, 0.717) is 39.5 Å². The summed E-state index contributed by atoms with van der Waals surface area (Å²) in [6.07, 6.45) is 1.63. The molecule has 3 aliphatic rings. The summed E-state index contributed by atoms with van der Waals surface area (Å²) in [7, 11) is 4.53. The van der Waals surface area contributed by atoms with E-state index in [-0.39, 0.29) is 5.78 Å². The third-order valence-electron chi connectivity index (χ3n) is 8.17. The molecule has 6 rings (SSSR count). The largest absolute Gasteiger partial charge is 0.497 e. The van der Waals surface area contributed by atoms with Crippen molar-refractivity contribution in [2.24, 2.45) is 10.5 Å². The summed E-state index contributed by atoms with van der Waals surface area (Å²) in [5.41, 5.74) is 0.212. The molecule has 0 amide bonds. The van der Waals surface area contributed by atoms with E-state index < -0.39 is 41.1 Å². The van der Waals surface area contributed by atoms with E-state index >= 15 is 0 Å². The number of methoxy groups -OCH3 is 3. The number of hydrazone groups is 1. The number of nitrogens with zero attached hydrogens (tertiary/aromatic N) is 2. The molecule has 0 N–H and O–H groups in total. The minimum absolute atomic E-state index is 0.346. The molecule has 0 aromatic heterocycles. The van der Waals surface area contributed by atoms with Crippen LogP contribution in [0.15, 0.2) is 71.8 Å². The highest BCUT2D eigenvalue weighted by molar-refractivity contribution is 6.09. The average Bonchev–Trinajstić information content (AvgIpc) is 3.31. The standard InChI is InChI=1S/C32H30N2O8/c1-31(2)41-29(36)32(30(37)42-31)25(19-12-15-23(39-4)24(16-19)40-5)26(27(35)18-10-13-21(38-3)14-11-18)34-28(32)22-9-7-6-8-20(22)17-33-34/h6-17,25-26,28H,1-5H3/t25-,26-,28+/m0/s1. The van der Waals surface area contributed by atoms with Crippen molar-refractivity contribution in [3.8, 4) is 17.2 Å². The van der Waals surface area contributed by atoms with Crippen LogP contribution in [-0.4, -0.2) is 62.1 Å². The molecular weight excluding hydrogens is 540 g/mol. The molecule has 3 heterocycles. The van der Waals surface area contributed by atoms with Crippen LogP contribution in [0.4, 0.5) is 0 Å². The molecule has 2 fully saturated rings. The van der Waals surface area contributed by atoms with Gasteiger partial charge in [-0.25, -0.2) is 0 Å². The molecule has 0 radical (unpaired) electrons. The molecule has 10 heteroatoms. The predicted octanol–water partition coefficient (Wildman–Crippen LogP) is 4.27. The van der Waals surface area contributed by atoms with Crippen LogP contribution in [0.25, 0.3) is 0 Å². The second kappa shape index (κ2) is 9.90. The lowest BCUT2D eigenvalue weighted by Crippen LogP contribution is -2.58. The van der Waals surface area contributed by atoms with Crippen LogP contribution in [0.2, 0.25) is 0 Å². The summed E-state index contributed by atoms with van der Waals surface area (Å²) in [4.78, 5) is 43.3. The highest BCUT2D eigenvalue weighted by atomic mass is 16.7. The molecule has 0 aliphatic carbocycles. The minimum Gasteiger partial charge on any atom is -0.497 e. The number of cyclic esters (lactones) is 2. The second-order valence-electron chi connectivity index (χ2n) is 10.8. The monoisotopic (exact) mass is 570 g/mol. The number of hydrogen-bond donors (Lipinski definition) is 0. The lowest BCUT2D eigenvalue weighted by atomic mass is 9.65. The zero-order valence-corrected chi connectivity index (χ0v) is 23.8. The number of Topliss-reactive ketones (excluding diaryl/α,β-unsaturated/α-hetero) is 1. The molecular formula is C32H30N2O8. The van der Waals surface area contributed by atoms with Crippen molar-refractivity contribution in [3.05, 3.63) is 89.0 Å². The maximum Gasteiger partial charge on any atom is 0.330 e. The van der Waals surface area contributed by atoms with Gasteiger partial charge in [-0.2, -0.15) is 5.10 Å². The lowest BCUT2D eigenvalue weighted by molar-refractivity contribution is -0.254. The highest BCUT2D eigenvalue weighted by Crippen LogP contribution is 2.63. The van der Waals surface area contributed by atoms with Gasteiger partial charge in [0.1, 0.15) is 17.8 Å². The molecule has 3 aromatic carbocycles. The summed E-state index contributed by atoms with van der Waals surface area (Å²) in [5.74, 6) is -3.13. The minimum atomic E-state index is -1.99. The van der Waals surface area contributed by atoms with Gasteiger partial charge in [0.15, 0.2) is 17.3 Å². The van der Waals surface area contributed by atoms with Crippen LogP contribution in [-0.2, 0) is 19.1 Å². The molecule has 3 aromatic rings. The predicted molar refractivity (Wildman–Crippen MR) is 151 cm³/mol. The number of carbonyl (C=O) groups excluding carboxylic acids is 3. The third-order valence-corrected chi connectivity index (χ3v) is 8.17. The first kappa shape index (κ1) is 27.3. The number of ketones is 1. The van der Waals surface area contributed by atoms with Crippen molar-refractivity contribution in [2.45, 2.75) is 37.6 Å². The van der Waals surface area contributed by atoms with Gasteiger partial charge in [-0.1, -0.05) is 30.3 Å². The van der Waals surface area contributed by atoms with Crippen molar-refractivity contribution in [1.82, 2.24) is 5.01 Å². The van der Waals surface area contributed by atoms with E-state index in [9.17, 15) is 14.4 Å². The van der Waals surface area contributed by atoms with Crippen molar-refractivity contribution >= 4 is 23.9 Å². The zero-order valence-electron chi connectivity index (χ0n) is 23.8. The second-order valence-corrected chi connectivity index (χ2v) is 10.8. The number of esters is 2. The first-order chi connectivity index (χ1) is 20.2. The Hall–Kier alpha value is -4.86. The van der Waals surface area contributed by atoms with Crippen LogP contribution < -0.4 is 14.2 Å². The number of carbonyl (C=O) groups is 3. The van der Waals surface area contributed by atoms with E-state index in [4.69, 9.17) is 28.8 Å². The van der Waals surface area contributed by atoms with E-state index in [1.54, 1.807) is 53.7 Å². The molecule has 0 saturated carbocycles. The average molecular weight is 571 g/mol. The molecule has 216 valence electrons. The topological polar surface area (TPSA) is 113 Å². The van der Waals surface area contributed by atoms with Crippen molar-refractivity contribution < 1.29 is 38.1 Å². The van der Waals surface area contributed by atoms with Crippen molar-refractivity contribution in [3.63, 3.8) is 0 Å². The van der Waals surface area contributed by atoms with Crippen LogP contribution in [0, 0.1) is 5.41 Å². The Kier molecular flexibility index (Phi) is 6.44. The summed E-state index contributed by atoms with van der Waals surface area (Å²) < 4.78 is 27.9. The Bertz CT molecular complexity index is 1590. The molecule has 1 spiro atoms. The molecule has 0 unspecified atom stereocenters. The van der Waals surface area contributed by atoms with Crippen molar-refractivity contribution in [1.29, 1.82) is 0 Å². The van der Waals surface area contributed by atoms with Crippen molar-refractivity contribution in [2.75, 3.05) is 21.3 Å². The fourth-order valence-electron chi connectivity index (χ4n) is 6.36. The zero-order chi connectivity index (χ0) is 29.8. The summed E-state index contributed by atoms with van der Waals surface area (Å²) >= 11 is 0. The molecule has 2 saturated heterocycles. The summed E-state index contributed by atoms with van der Waals surface area (Å²) in [6, 6.07) is 17.0. The van der Waals surface area contributed by atoms with E-state index in [1.807, 2.05) is 24.3 Å². The van der Waals surface area contributed by atoms with E-state index in [0.717, 1.165) is 0 Å². The van der Waals surface area contributed by atoms with Gasteiger partial charge in [-0.15, -0.1) is 0 Å². The van der Waals surface area contributed by atoms with Crippen LogP contribution in [0.1, 0.15) is 52.9 Å². The Morgan fingerprint density at radius 1 is 0.857 bits per heavy atom. The van der Waals surface area contributed by atoms with Gasteiger partial charge in [0.25, 0.3) is 5.79 Å². The molecule has 3 aliphatic heterocycles. The Labute approximate surface area is 242 Å². The normalized spacial score (nSPS) is 23.0. The van der Waals surface area contributed by atoms with Gasteiger partial charge >= 0.3 is 11.9 Å². The lowest BCUT2D eigenvalue weighted by Gasteiger charge is -2.44. The van der Waals surface area contributed by atoms with E-state index in [2.05, 4.69) is 0 Å². The molecule has 42 heavy (non-hydrogen) atoms. The van der Waals surface area contributed by atoms with Gasteiger partial charge in [-0.3, -0.25) is 19.4 Å². The molecule has 0 bridgehead atoms. The summed E-state index contributed by atoms with van der Waals surface area (Å²) in [5, 5.41) is 6.25.